The van der Waals surface area contributed by atoms with Crippen molar-refractivity contribution in [1.82, 2.24) is 20.3 Å². The summed E-state index contributed by atoms with van der Waals surface area (Å²) in [5, 5.41) is 9.05. The number of anilines is 5. The maximum absolute atomic E-state index is 12.7. The quantitative estimate of drug-likeness (QED) is 0.361. The molecule has 3 heterocycles. The van der Waals surface area contributed by atoms with E-state index in [1.54, 1.807) is 30.9 Å². The number of pyridine rings is 1. The fraction of sp³-hybridized carbons (Fsp3) is 0.280. The minimum Gasteiger partial charge on any atom is -0.378 e. The van der Waals surface area contributed by atoms with Gasteiger partial charge in [0.25, 0.3) is 5.91 Å². The molecule has 3 N–H and O–H groups in total. The summed E-state index contributed by atoms with van der Waals surface area (Å²) >= 11 is 0. The van der Waals surface area contributed by atoms with Gasteiger partial charge in [0.2, 0.25) is 5.95 Å². The number of hydrogen-bond donors (Lipinski definition) is 3. The Morgan fingerprint density at radius 1 is 1.14 bits per heavy atom. The maximum Gasteiger partial charge on any atom is 0.256 e. The minimum absolute atomic E-state index is 0.243. The number of amides is 1. The normalized spacial score (nSPS) is 13.5. The topological polar surface area (TPSA) is 134 Å². The zero-order chi connectivity index (χ0) is 26.3. The molecule has 0 spiro atoms. The van der Waals surface area contributed by atoms with Crippen LogP contribution in [-0.2, 0) is 14.5 Å². The van der Waals surface area contributed by atoms with E-state index in [-0.39, 0.29) is 17.3 Å². The lowest BCUT2D eigenvalue weighted by Gasteiger charge is -2.28. The third-order valence-corrected chi connectivity index (χ3v) is 5.90. The number of rotatable bonds is 9. The molecule has 1 aliphatic rings. The number of carbonyl (C=O) groups excluding carboxylic acids is 1. The molecule has 37 heavy (non-hydrogen) atoms. The van der Waals surface area contributed by atoms with Crippen LogP contribution in [0.2, 0.25) is 0 Å². The third-order valence-electron chi connectivity index (χ3n) is 5.25. The van der Waals surface area contributed by atoms with Crippen LogP contribution < -0.4 is 20.9 Å². The molecular formula is C25H30N8O3S. The average Bonchev–Trinajstić information content (AvgIpc) is 2.88. The maximum atomic E-state index is 12.7. The molecule has 2 aromatic heterocycles. The van der Waals surface area contributed by atoms with E-state index in [4.69, 9.17) is 4.74 Å². The molecule has 0 aliphatic carbocycles. The number of hydrogen-bond acceptors (Lipinski definition) is 10. The summed E-state index contributed by atoms with van der Waals surface area (Å²) in [6.45, 7) is 7.08. The Labute approximate surface area is 216 Å². The van der Waals surface area contributed by atoms with Crippen molar-refractivity contribution in [3.63, 3.8) is 0 Å². The SMILES string of the molecule is C=CCNC(=O)c1cnc(Nc2ccc(N3CCOCC3)cc2)nc1Nc1cncc(N=S(C)(C)=O)c1. The molecule has 11 nitrogen and oxygen atoms in total. The number of aromatic nitrogens is 3. The number of nitrogens with one attached hydrogen (secondary N) is 3. The van der Waals surface area contributed by atoms with Gasteiger partial charge in [-0.1, -0.05) is 6.08 Å². The van der Waals surface area contributed by atoms with Gasteiger partial charge in [-0.3, -0.25) is 9.78 Å². The predicted octanol–water partition coefficient (Wildman–Crippen LogP) is 3.47. The molecule has 1 saturated heterocycles. The van der Waals surface area contributed by atoms with E-state index in [2.05, 4.69) is 46.7 Å². The summed E-state index contributed by atoms with van der Waals surface area (Å²) in [5.41, 5.74) is 3.14. The van der Waals surface area contributed by atoms with E-state index in [0.29, 0.717) is 23.9 Å². The first-order valence-corrected chi connectivity index (χ1v) is 14.0. The zero-order valence-electron chi connectivity index (χ0n) is 20.8. The smallest absolute Gasteiger partial charge is 0.256 e. The summed E-state index contributed by atoms with van der Waals surface area (Å²) in [7, 11) is -2.36. The lowest BCUT2D eigenvalue weighted by Crippen LogP contribution is -2.36. The van der Waals surface area contributed by atoms with Crippen LogP contribution in [0.3, 0.4) is 0 Å². The third kappa shape index (κ3) is 7.48. The molecule has 0 saturated carbocycles. The molecule has 0 unspecified atom stereocenters. The van der Waals surface area contributed by atoms with Crippen LogP contribution in [-0.4, -0.2) is 70.4 Å². The van der Waals surface area contributed by atoms with E-state index in [1.807, 2.05) is 24.3 Å². The van der Waals surface area contributed by atoms with Crippen molar-refractivity contribution >= 4 is 50.2 Å². The summed E-state index contributed by atoms with van der Waals surface area (Å²) in [6.07, 6.45) is 9.21. The first-order valence-electron chi connectivity index (χ1n) is 11.7. The van der Waals surface area contributed by atoms with Crippen molar-refractivity contribution in [2.24, 2.45) is 4.36 Å². The van der Waals surface area contributed by atoms with Crippen LogP contribution in [0, 0.1) is 0 Å². The molecule has 4 rings (SSSR count). The van der Waals surface area contributed by atoms with E-state index < -0.39 is 9.73 Å². The Balaban J connectivity index is 1.58. The number of morpholine rings is 1. The second-order valence-corrected chi connectivity index (χ2v) is 11.1. The highest BCUT2D eigenvalue weighted by Crippen LogP contribution is 2.25. The highest BCUT2D eigenvalue weighted by atomic mass is 32.2. The van der Waals surface area contributed by atoms with Crippen molar-refractivity contribution in [3.8, 4) is 0 Å². The van der Waals surface area contributed by atoms with Crippen molar-refractivity contribution in [2.45, 2.75) is 0 Å². The monoisotopic (exact) mass is 522 g/mol. The second kappa shape index (κ2) is 11.8. The van der Waals surface area contributed by atoms with Gasteiger partial charge < -0.3 is 25.6 Å². The summed E-state index contributed by atoms with van der Waals surface area (Å²) in [5.74, 6) is 0.222. The Morgan fingerprint density at radius 2 is 1.89 bits per heavy atom. The summed E-state index contributed by atoms with van der Waals surface area (Å²) < 4.78 is 21.7. The first kappa shape index (κ1) is 26.0. The molecule has 3 aromatic rings. The van der Waals surface area contributed by atoms with Crippen LogP contribution >= 0.6 is 0 Å². The Kier molecular flexibility index (Phi) is 8.31. The predicted molar refractivity (Wildman–Crippen MR) is 147 cm³/mol. The van der Waals surface area contributed by atoms with Crippen LogP contribution in [0.15, 0.2) is 65.9 Å². The minimum atomic E-state index is -2.36. The van der Waals surface area contributed by atoms with Gasteiger partial charge in [0.15, 0.2) is 0 Å². The molecule has 1 fully saturated rings. The number of nitrogens with zero attached hydrogens (tertiary/aromatic N) is 5. The Morgan fingerprint density at radius 3 is 2.59 bits per heavy atom. The van der Waals surface area contributed by atoms with Crippen molar-refractivity contribution < 1.29 is 13.7 Å². The number of ether oxygens (including phenoxy) is 1. The molecule has 194 valence electrons. The second-order valence-electron chi connectivity index (χ2n) is 8.56. The van der Waals surface area contributed by atoms with Gasteiger partial charge in [-0.25, -0.2) is 9.19 Å². The van der Waals surface area contributed by atoms with Crippen LogP contribution in [0.25, 0.3) is 0 Å². The standard InChI is InChI=1S/C25H30N8O3S/c1-4-9-27-24(34)22-17-28-25(30-18-5-7-21(8-6-18)33-10-12-36-13-11-33)31-23(22)29-19-14-20(16-26-15-19)32-37(2,3)35/h4-8,14-17H,1,9-13H2,2-3H3,(H,27,34)(H2,28,29,30,31). The fourth-order valence-corrected chi connectivity index (χ4v) is 4.21. The average molecular weight is 523 g/mol. The lowest BCUT2D eigenvalue weighted by atomic mass is 10.2. The van der Waals surface area contributed by atoms with Gasteiger partial charge in [0.1, 0.15) is 11.4 Å². The largest absolute Gasteiger partial charge is 0.378 e. The van der Waals surface area contributed by atoms with E-state index in [0.717, 1.165) is 37.7 Å². The van der Waals surface area contributed by atoms with Gasteiger partial charge in [0.05, 0.1) is 37.0 Å². The lowest BCUT2D eigenvalue weighted by molar-refractivity contribution is 0.0958. The van der Waals surface area contributed by atoms with E-state index >= 15 is 0 Å². The summed E-state index contributed by atoms with van der Waals surface area (Å²) in [6, 6.07) is 9.65. The highest BCUT2D eigenvalue weighted by Gasteiger charge is 2.16. The van der Waals surface area contributed by atoms with Gasteiger partial charge in [-0.05, 0) is 30.3 Å². The number of benzene rings is 1. The molecule has 1 aromatic carbocycles. The molecule has 12 heteroatoms. The molecule has 0 radical (unpaired) electrons. The van der Waals surface area contributed by atoms with Crippen molar-refractivity contribution in [2.75, 3.05) is 60.9 Å². The van der Waals surface area contributed by atoms with Gasteiger partial charge in [0, 0.05) is 59.4 Å². The Bertz CT molecular complexity index is 1370. The zero-order valence-corrected chi connectivity index (χ0v) is 21.6. The Hall–Kier alpha value is -4.03. The van der Waals surface area contributed by atoms with E-state index in [9.17, 15) is 9.00 Å². The molecule has 0 atom stereocenters. The first-order chi connectivity index (χ1) is 17.8. The molecule has 1 amide bonds. The van der Waals surface area contributed by atoms with Crippen LogP contribution in [0.5, 0.6) is 0 Å². The molecular weight excluding hydrogens is 492 g/mol. The van der Waals surface area contributed by atoms with Crippen LogP contribution in [0.4, 0.5) is 34.5 Å². The van der Waals surface area contributed by atoms with Gasteiger partial charge in [-0.15, -0.1) is 6.58 Å². The van der Waals surface area contributed by atoms with Gasteiger partial charge in [-0.2, -0.15) is 9.35 Å². The van der Waals surface area contributed by atoms with Gasteiger partial charge >= 0.3 is 0 Å². The highest BCUT2D eigenvalue weighted by molar-refractivity contribution is 7.92. The number of carbonyl (C=O) groups is 1. The van der Waals surface area contributed by atoms with Crippen LogP contribution in [0.1, 0.15) is 10.4 Å². The molecule has 1 aliphatic heterocycles. The van der Waals surface area contributed by atoms with Crippen molar-refractivity contribution in [3.05, 3.63) is 67.1 Å². The van der Waals surface area contributed by atoms with Crippen molar-refractivity contribution in [1.29, 1.82) is 0 Å². The summed E-state index contributed by atoms with van der Waals surface area (Å²) in [4.78, 5) is 28.1. The molecule has 0 bridgehead atoms. The van der Waals surface area contributed by atoms with E-state index in [1.165, 1.54) is 12.4 Å². The fourth-order valence-electron chi connectivity index (χ4n) is 3.61.